The van der Waals surface area contributed by atoms with E-state index in [0.29, 0.717) is 0 Å². The van der Waals surface area contributed by atoms with Gasteiger partial charge in [-0.05, 0) is 36.4 Å². The summed E-state index contributed by atoms with van der Waals surface area (Å²) in [5, 5.41) is 27.6. The molecular weight excluding hydrogens is 264 g/mol. The van der Waals surface area contributed by atoms with Crippen LogP contribution in [0.3, 0.4) is 0 Å². The molecule has 2 aromatic rings. The fraction of sp³-hybridized carbons (Fsp3) is 0. The minimum absolute atomic E-state index is 0.0602. The quantitative estimate of drug-likeness (QED) is 0.449. The van der Waals surface area contributed by atoms with Crippen molar-refractivity contribution in [2.75, 3.05) is 0 Å². The van der Waals surface area contributed by atoms with E-state index >= 15 is 0 Å². The Balaban J connectivity index is 2.19. The smallest absolute Gasteiger partial charge is 0.347 e. The van der Waals surface area contributed by atoms with Crippen LogP contribution in [0.15, 0.2) is 42.5 Å². The number of carboxylic acids is 1. The van der Waals surface area contributed by atoms with Crippen LogP contribution in [0.25, 0.3) is 0 Å². The van der Waals surface area contributed by atoms with Crippen LogP contribution >= 0.6 is 0 Å². The fourth-order valence-electron chi connectivity index (χ4n) is 1.52. The van der Waals surface area contributed by atoms with E-state index in [1.54, 1.807) is 0 Å². The van der Waals surface area contributed by atoms with E-state index in [9.17, 15) is 19.8 Å². The highest BCUT2D eigenvalue weighted by molar-refractivity contribution is 5.95. The van der Waals surface area contributed by atoms with E-state index in [4.69, 9.17) is 9.84 Å². The molecule has 0 radical (unpaired) electrons. The molecule has 102 valence electrons. The first kappa shape index (κ1) is 13.4. The second-order valence-corrected chi connectivity index (χ2v) is 3.89. The summed E-state index contributed by atoms with van der Waals surface area (Å²) in [6.45, 7) is 0. The Morgan fingerprint density at radius 1 is 0.950 bits per heavy atom. The standard InChI is InChI=1S/C14H10O6/c15-11-3-1-2-10(12(11)16)14(19)20-9-6-4-8(5-7-9)13(17)18/h1-7,15-16H,(H,17,18). The molecular formula is C14H10O6. The third kappa shape index (κ3) is 2.69. The second kappa shape index (κ2) is 5.31. The summed E-state index contributed by atoms with van der Waals surface area (Å²) in [5.41, 5.74) is -0.127. The molecule has 20 heavy (non-hydrogen) atoms. The van der Waals surface area contributed by atoms with E-state index in [1.165, 1.54) is 42.5 Å². The number of para-hydroxylation sites is 1. The van der Waals surface area contributed by atoms with Gasteiger partial charge < -0.3 is 20.1 Å². The average Bonchev–Trinajstić information content (AvgIpc) is 2.42. The Hall–Kier alpha value is -3.02. The van der Waals surface area contributed by atoms with E-state index in [0.717, 1.165) is 0 Å². The lowest BCUT2D eigenvalue weighted by Gasteiger charge is -2.07. The molecule has 0 unspecified atom stereocenters. The van der Waals surface area contributed by atoms with Gasteiger partial charge in [-0.1, -0.05) is 6.07 Å². The molecule has 0 saturated carbocycles. The third-order valence-electron chi connectivity index (χ3n) is 2.55. The van der Waals surface area contributed by atoms with Crippen molar-refractivity contribution in [3.05, 3.63) is 53.6 Å². The molecule has 2 rings (SSSR count). The number of aromatic carboxylic acids is 1. The molecule has 0 atom stereocenters. The first-order chi connectivity index (χ1) is 9.49. The van der Waals surface area contributed by atoms with Gasteiger partial charge in [-0.3, -0.25) is 0 Å². The van der Waals surface area contributed by atoms with Crippen molar-refractivity contribution in [2.45, 2.75) is 0 Å². The SMILES string of the molecule is O=C(O)c1ccc(OC(=O)c2cccc(O)c2O)cc1. The summed E-state index contributed by atoms with van der Waals surface area (Å²) in [6, 6.07) is 9.12. The topological polar surface area (TPSA) is 104 Å². The lowest BCUT2D eigenvalue weighted by molar-refractivity contribution is 0.0696. The highest BCUT2D eigenvalue weighted by Gasteiger charge is 2.16. The number of hydrogen-bond acceptors (Lipinski definition) is 5. The van der Waals surface area contributed by atoms with Crippen LogP contribution in [0, 0.1) is 0 Å². The molecule has 3 N–H and O–H groups in total. The Morgan fingerprint density at radius 2 is 1.60 bits per heavy atom. The van der Waals surface area contributed by atoms with Crippen LogP contribution in [-0.2, 0) is 0 Å². The fourth-order valence-corrected chi connectivity index (χ4v) is 1.52. The van der Waals surface area contributed by atoms with Gasteiger partial charge in [0.1, 0.15) is 11.3 Å². The minimum Gasteiger partial charge on any atom is -0.504 e. The zero-order valence-electron chi connectivity index (χ0n) is 10.1. The zero-order valence-corrected chi connectivity index (χ0v) is 10.1. The molecule has 0 bridgehead atoms. The van der Waals surface area contributed by atoms with Crippen LogP contribution in [0.1, 0.15) is 20.7 Å². The summed E-state index contributed by atoms with van der Waals surface area (Å²) in [6.07, 6.45) is 0. The molecule has 0 aliphatic heterocycles. The molecule has 6 nitrogen and oxygen atoms in total. The molecule has 0 saturated heterocycles. The maximum absolute atomic E-state index is 11.8. The van der Waals surface area contributed by atoms with Crippen LogP contribution in [0.2, 0.25) is 0 Å². The van der Waals surface area contributed by atoms with E-state index in [1.807, 2.05) is 0 Å². The monoisotopic (exact) mass is 274 g/mol. The van der Waals surface area contributed by atoms with Gasteiger partial charge >= 0.3 is 11.9 Å². The molecule has 6 heteroatoms. The van der Waals surface area contributed by atoms with E-state index < -0.39 is 23.4 Å². The number of hydrogen-bond donors (Lipinski definition) is 3. The van der Waals surface area contributed by atoms with Crippen molar-refractivity contribution in [3.63, 3.8) is 0 Å². The summed E-state index contributed by atoms with van der Waals surface area (Å²) >= 11 is 0. The van der Waals surface area contributed by atoms with Crippen molar-refractivity contribution >= 4 is 11.9 Å². The maximum atomic E-state index is 11.8. The number of aromatic hydroxyl groups is 2. The van der Waals surface area contributed by atoms with Gasteiger partial charge in [0, 0.05) is 0 Å². The van der Waals surface area contributed by atoms with Crippen molar-refractivity contribution in [1.29, 1.82) is 0 Å². The van der Waals surface area contributed by atoms with Crippen molar-refractivity contribution in [3.8, 4) is 17.2 Å². The van der Waals surface area contributed by atoms with Crippen molar-refractivity contribution in [2.24, 2.45) is 0 Å². The van der Waals surface area contributed by atoms with Gasteiger partial charge in [0.15, 0.2) is 11.5 Å². The Bertz CT molecular complexity index is 660. The number of phenolic OH excluding ortho intramolecular Hbond substituents is 2. The van der Waals surface area contributed by atoms with Gasteiger partial charge in [0.25, 0.3) is 0 Å². The highest BCUT2D eigenvalue weighted by atomic mass is 16.5. The van der Waals surface area contributed by atoms with Crippen LogP contribution in [-0.4, -0.2) is 27.3 Å². The number of rotatable bonds is 3. The highest BCUT2D eigenvalue weighted by Crippen LogP contribution is 2.29. The molecule has 0 fully saturated rings. The molecule has 0 heterocycles. The van der Waals surface area contributed by atoms with Crippen molar-refractivity contribution < 1.29 is 29.6 Å². The summed E-state index contributed by atoms with van der Waals surface area (Å²) in [5.74, 6) is -2.82. The van der Waals surface area contributed by atoms with E-state index in [-0.39, 0.29) is 16.9 Å². The molecule has 0 aromatic heterocycles. The predicted molar refractivity (Wildman–Crippen MR) is 68.1 cm³/mol. The Kier molecular flexibility index (Phi) is 3.56. The van der Waals surface area contributed by atoms with Crippen molar-refractivity contribution in [1.82, 2.24) is 0 Å². The number of ether oxygens (including phenoxy) is 1. The number of carboxylic acid groups (broad SMARTS) is 1. The third-order valence-corrected chi connectivity index (χ3v) is 2.55. The normalized spacial score (nSPS) is 10.0. The maximum Gasteiger partial charge on any atom is 0.347 e. The van der Waals surface area contributed by atoms with Gasteiger partial charge in [0.05, 0.1) is 5.56 Å². The molecule has 0 spiro atoms. The lowest BCUT2D eigenvalue weighted by Crippen LogP contribution is -2.09. The van der Waals surface area contributed by atoms with Crippen LogP contribution in [0.5, 0.6) is 17.2 Å². The van der Waals surface area contributed by atoms with Crippen LogP contribution < -0.4 is 4.74 Å². The van der Waals surface area contributed by atoms with Gasteiger partial charge in [-0.15, -0.1) is 0 Å². The number of benzene rings is 2. The molecule has 0 aliphatic carbocycles. The lowest BCUT2D eigenvalue weighted by atomic mass is 10.2. The molecule has 0 amide bonds. The Morgan fingerprint density at radius 3 is 2.20 bits per heavy atom. The first-order valence-corrected chi connectivity index (χ1v) is 5.55. The second-order valence-electron chi connectivity index (χ2n) is 3.89. The Labute approximate surface area is 113 Å². The van der Waals surface area contributed by atoms with Gasteiger partial charge in [-0.25, -0.2) is 9.59 Å². The van der Waals surface area contributed by atoms with Gasteiger partial charge in [0.2, 0.25) is 0 Å². The van der Waals surface area contributed by atoms with Gasteiger partial charge in [-0.2, -0.15) is 0 Å². The van der Waals surface area contributed by atoms with E-state index in [2.05, 4.69) is 0 Å². The average molecular weight is 274 g/mol. The minimum atomic E-state index is -1.09. The largest absolute Gasteiger partial charge is 0.504 e. The number of carbonyl (C=O) groups is 2. The zero-order chi connectivity index (χ0) is 14.7. The summed E-state index contributed by atoms with van der Waals surface area (Å²) in [4.78, 5) is 22.5. The molecule has 0 aliphatic rings. The first-order valence-electron chi connectivity index (χ1n) is 5.55. The number of esters is 1. The summed E-state index contributed by atoms with van der Waals surface area (Å²) < 4.78 is 4.97. The summed E-state index contributed by atoms with van der Waals surface area (Å²) in [7, 11) is 0. The number of phenols is 2. The predicted octanol–water partition coefficient (Wildman–Crippen LogP) is 2.02. The number of carbonyl (C=O) groups excluding carboxylic acids is 1. The molecule has 2 aromatic carbocycles. The van der Waals surface area contributed by atoms with Crippen LogP contribution in [0.4, 0.5) is 0 Å².